The van der Waals surface area contributed by atoms with Crippen LogP contribution < -0.4 is 19.9 Å². The van der Waals surface area contributed by atoms with Gasteiger partial charge in [-0.3, -0.25) is 9.69 Å². The van der Waals surface area contributed by atoms with E-state index in [-0.39, 0.29) is 5.56 Å². The summed E-state index contributed by atoms with van der Waals surface area (Å²) in [6.07, 6.45) is 0.967. The summed E-state index contributed by atoms with van der Waals surface area (Å²) < 4.78 is 11.5. The van der Waals surface area contributed by atoms with E-state index in [2.05, 4.69) is 26.9 Å². The summed E-state index contributed by atoms with van der Waals surface area (Å²) in [4.78, 5) is 19.2. The summed E-state index contributed by atoms with van der Waals surface area (Å²) in [6, 6.07) is 17.3. The number of hydrogen-bond acceptors (Lipinski definition) is 5. The monoisotopic (exact) mass is 393 g/mol. The molecule has 0 radical (unpaired) electrons. The molecule has 0 unspecified atom stereocenters. The van der Waals surface area contributed by atoms with Gasteiger partial charge < -0.3 is 19.4 Å². The first kappa shape index (κ1) is 19.3. The van der Waals surface area contributed by atoms with Gasteiger partial charge in [-0.2, -0.15) is 0 Å². The van der Waals surface area contributed by atoms with Gasteiger partial charge in [0.25, 0.3) is 0 Å². The zero-order valence-corrected chi connectivity index (χ0v) is 16.8. The Balaban J connectivity index is 1.25. The number of methoxy groups -OCH3 is 1. The maximum atomic E-state index is 11.5. The van der Waals surface area contributed by atoms with Crippen LogP contribution in [0.15, 0.2) is 59.4 Å². The molecule has 1 N–H and O–H groups in total. The van der Waals surface area contributed by atoms with Crippen LogP contribution in [0.3, 0.4) is 0 Å². The SMILES string of the molecule is COc1ccccc1N1CCN(CCCOc2cccc3[nH]c(=O)ccc23)CC1. The lowest BCUT2D eigenvalue weighted by Crippen LogP contribution is -2.46. The van der Waals surface area contributed by atoms with Crippen LogP contribution in [0.1, 0.15) is 6.42 Å². The summed E-state index contributed by atoms with van der Waals surface area (Å²) in [7, 11) is 1.72. The fourth-order valence-electron chi connectivity index (χ4n) is 3.86. The van der Waals surface area contributed by atoms with Crippen molar-refractivity contribution < 1.29 is 9.47 Å². The van der Waals surface area contributed by atoms with Crippen molar-refractivity contribution in [2.24, 2.45) is 0 Å². The molecule has 2 aromatic carbocycles. The Morgan fingerprint density at radius 1 is 0.931 bits per heavy atom. The number of pyridine rings is 1. The van der Waals surface area contributed by atoms with Crippen LogP contribution in [0.4, 0.5) is 5.69 Å². The third-order valence-electron chi connectivity index (χ3n) is 5.40. The minimum absolute atomic E-state index is 0.0954. The van der Waals surface area contributed by atoms with Gasteiger partial charge in [0, 0.05) is 44.2 Å². The number of ether oxygens (including phenoxy) is 2. The van der Waals surface area contributed by atoms with Crippen molar-refractivity contribution in [2.45, 2.75) is 6.42 Å². The zero-order chi connectivity index (χ0) is 20.1. The van der Waals surface area contributed by atoms with E-state index in [0.717, 1.165) is 61.5 Å². The molecule has 1 aliphatic rings. The van der Waals surface area contributed by atoms with Gasteiger partial charge in [0.2, 0.25) is 5.56 Å². The number of benzene rings is 2. The van der Waals surface area contributed by atoms with Crippen molar-refractivity contribution in [3.05, 3.63) is 65.0 Å². The molecule has 6 heteroatoms. The molecule has 0 amide bonds. The van der Waals surface area contributed by atoms with E-state index in [1.807, 2.05) is 36.4 Å². The van der Waals surface area contributed by atoms with E-state index in [9.17, 15) is 4.79 Å². The van der Waals surface area contributed by atoms with Gasteiger partial charge in [0.1, 0.15) is 11.5 Å². The molecule has 6 nitrogen and oxygen atoms in total. The number of piperazine rings is 1. The standard InChI is InChI=1S/C23H27N3O3/c1-28-22-8-3-2-7-20(22)26-15-13-25(14-16-26)12-5-17-29-21-9-4-6-19-18(21)10-11-23(27)24-19/h2-4,6-11H,5,12-17H2,1H3,(H,24,27). The minimum atomic E-state index is -0.0954. The highest BCUT2D eigenvalue weighted by Gasteiger charge is 2.19. The van der Waals surface area contributed by atoms with E-state index in [1.54, 1.807) is 7.11 Å². The molecular formula is C23H27N3O3. The Morgan fingerprint density at radius 2 is 1.72 bits per heavy atom. The summed E-state index contributed by atoms with van der Waals surface area (Å²) >= 11 is 0. The second-order valence-corrected chi connectivity index (χ2v) is 7.24. The highest BCUT2D eigenvalue weighted by Crippen LogP contribution is 2.28. The number of anilines is 1. The summed E-state index contributed by atoms with van der Waals surface area (Å²) in [5, 5.41) is 0.942. The summed E-state index contributed by atoms with van der Waals surface area (Å²) in [5.41, 5.74) is 1.89. The van der Waals surface area contributed by atoms with Crippen molar-refractivity contribution >= 4 is 16.6 Å². The molecule has 1 aliphatic heterocycles. The maximum absolute atomic E-state index is 11.5. The number of nitrogens with zero attached hydrogens (tertiary/aromatic N) is 2. The first-order valence-electron chi connectivity index (χ1n) is 10.1. The second-order valence-electron chi connectivity index (χ2n) is 7.24. The van der Waals surface area contributed by atoms with E-state index >= 15 is 0 Å². The van der Waals surface area contributed by atoms with E-state index in [1.165, 1.54) is 11.8 Å². The zero-order valence-electron chi connectivity index (χ0n) is 16.8. The highest BCUT2D eigenvalue weighted by atomic mass is 16.5. The summed E-state index contributed by atoms with van der Waals surface area (Å²) in [6.45, 7) is 5.74. The number of hydrogen-bond donors (Lipinski definition) is 1. The number of fused-ring (bicyclic) bond motifs is 1. The molecule has 152 valence electrons. The van der Waals surface area contributed by atoms with E-state index in [4.69, 9.17) is 9.47 Å². The molecule has 1 saturated heterocycles. The van der Waals surface area contributed by atoms with Gasteiger partial charge >= 0.3 is 0 Å². The number of rotatable bonds is 7. The molecule has 0 saturated carbocycles. The number of aromatic nitrogens is 1. The van der Waals surface area contributed by atoms with Gasteiger partial charge in [0.15, 0.2) is 0 Å². The quantitative estimate of drug-likeness (QED) is 0.625. The molecule has 29 heavy (non-hydrogen) atoms. The predicted octanol–water partition coefficient (Wildman–Crippen LogP) is 3.13. The minimum Gasteiger partial charge on any atom is -0.495 e. The number of nitrogens with one attached hydrogen (secondary N) is 1. The number of H-pyrrole nitrogens is 1. The van der Waals surface area contributed by atoms with E-state index < -0.39 is 0 Å². The van der Waals surface area contributed by atoms with Gasteiger partial charge in [-0.25, -0.2) is 0 Å². The van der Waals surface area contributed by atoms with Crippen LogP contribution in [0.5, 0.6) is 11.5 Å². The molecule has 0 bridgehead atoms. The van der Waals surface area contributed by atoms with Gasteiger partial charge in [-0.1, -0.05) is 18.2 Å². The van der Waals surface area contributed by atoms with Crippen molar-refractivity contribution in [3.8, 4) is 11.5 Å². The van der Waals surface area contributed by atoms with Crippen LogP contribution in [0, 0.1) is 0 Å². The Morgan fingerprint density at radius 3 is 2.55 bits per heavy atom. The second kappa shape index (κ2) is 9.01. The van der Waals surface area contributed by atoms with Crippen molar-refractivity contribution in [3.63, 3.8) is 0 Å². The molecule has 1 fully saturated rings. The normalized spacial score (nSPS) is 14.9. The maximum Gasteiger partial charge on any atom is 0.248 e. The molecule has 3 aromatic rings. The Bertz CT molecular complexity index is 1010. The largest absolute Gasteiger partial charge is 0.495 e. The Kier molecular flexibility index (Phi) is 6.00. The van der Waals surface area contributed by atoms with Crippen LogP contribution in [0.2, 0.25) is 0 Å². The molecule has 4 rings (SSSR count). The highest BCUT2D eigenvalue weighted by molar-refractivity contribution is 5.84. The summed E-state index contributed by atoms with van der Waals surface area (Å²) in [5.74, 6) is 1.76. The first-order chi connectivity index (χ1) is 14.2. The van der Waals surface area contributed by atoms with Crippen LogP contribution in [0.25, 0.3) is 10.9 Å². The molecule has 0 atom stereocenters. The van der Waals surface area contributed by atoms with Crippen molar-refractivity contribution in [2.75, 3.05) is 51.3 Å². The van der Waals surface area contributed by atoms with Crippen LogP contribution in [-0.4, -0.2) is 56.3 Å². The van der Waals surface area contributed by atoms with Crippen molar-refractivity contribution in [1.82, 2.24) is 9.88 Å². The lowest BCUT2D eigenvalue weighted by Gasteiger charge is -2.36. The molecule has 0 spiro atoms. The van der Waals surface area contributed by atoms with Gasteiger partial charge in [0.05, 0.1) is 24.9 Å². The van der Waals surface area contributed by atoms with Crippen LogP contribution in [-0.2, 0) is 0 Å². The van der Waals surface area contributed by atoms with Crippen molar-refractivity contribution in [1.29, 1.82) is 0 Å². The molecular weight excluding hydrogens is 366 g/mol. The lowest BCUT2D eigenvalue weighted by atomic mass is 10.2. The molecule has 2 heterocycles. The third kappa shape index (κ3) is 4.54. The van der Waals surface area contributed by atoms with Gasteiger partial charge in [-0.05, 0) is 36.8 Å². The Labute approximate surface area is 170 Å². The number of para-hydroxylation sites is 2. The Hall–Kier alpha value is -2.99. The topological polar surface area (TPSA) is 57.8 Å². The third-order valence-corrected chi connectivity index (χ3v) is 5.40. The molecule has 0 aliphatic carbocycles. The lowest BCUT2D eigenvalue weighted by molar-refractivity contribution is 0.225. The average Bonchev–Trinajstić information content (AvgIpc) is 2.77. The smallest absolute Gasteiger partial charge is 0.248 e. The fourth-order valence-corrected chi connectivity index (χ4v) is 3.86. The number of aromatic amines is 1. The van der Waals surface area contributed by atoms with E-state index in [0.29, 0.717) is 6.61 Å². The average molecular weight is 393 g/mol. The first-order valence-corrected chi connectivity index (χ1v) is 10.1. The van der Waals surface area contributed by atoms with Crippen LogP contribution >= 0.6 is 0 Å². The molecule has 1 aromatic heterocycles. The predicted molar refractivity (Wildman–Crippen MR) is 116 cm³/mol. The fraction of sp³-hybridized carbons (Fsp3) is 0.348. The van der Waals surface area contributed by atoms with Gasteiger partial charge in [-0.15, -0.1) is 0 Å².